The summed E-state index contributed by atoms with van der Waals surface area (Å²) in [5, 5.41) is 9.60. The zero-order chi connectivity index (χ0) is 35.6. The van der Waals surface area contributed by atoms with Gasteiger partial charge in [-0.25, -0.2) is 0 Å². The van der Waals surface area contributed by atoms with Crippen molar-refractivity contribution in [3.05, 3.63) is 60.8 Å². The van der Waals surface area contributed by atoms with Gasteiger partial charge < -0.3 is 14.6 Å². The summed E-state index contributed by atoms with van der Waals surface area (Å²) in [5.41, 5.74) is 0. The predicted molar refractivity (Wildman–Crippen MR) is 214 cm³/mol. The molecule has 0 aliphatic heterocycles. The molecule has 0 rings (SSSR count). The molecule has 0 heterocycles. The van der Waals surface area contributed by atoms with Crippen LogP contribution in [0.5, 0.6) is 0 Å². The molecular formula is C45H80O4. The Balaban J connectivity index is 3.45. The fourth-order valence-electron chi connectivity index (χ4n) is 5.72. The van der Waals surface area contributed by atoms with Gasteiger partial charge in [0.15, 0.2) is 0 Å². The number of rotatable bonds is 38. The maximum absolute atomic E-state index is 12.2. The summed E-state index contributed by atoms with van der Waals surface area (Å²) in [5.74, 6) is -0.213. The number of esters is 1. The number of allylic oxidation sites excluding steroid dienone is 10. The fourth-order valence-corrected chi connectivity index (χ4v) is 5.72. The van der Waals surface area contributed by atoms with E-state index in [0.29, 0.717) is 13.0 Å². The van der Waals surface area contributed by atoms with Crippen molar-refractivity contribution >= 4 is 5.97 Å². The molecule has 1 N–H and O–H groups in total. The lowest BCUT2D eigenvalue weighted by molar-refractivity contribution is -0.154. The standard InChI is InChI=1S/C45H80O4/c1-3-5-7-9-11-13-15-17-19-21-22-23-25-27-29-31-33-35-37-39-41-48-43-44(42-46)49-45(47)40-38-36-34-32-30-28-26-24-20-18-16-14-12-10-8-6-4-2/h6,8,11-14,17-20,44,46H,3-5,7,9-10,15-16,21-43H2,1-2H3/b8-6-,13-11-,14-12-,19-17-,20-18-. The molecule has 4 nitrogen and oxygen atoms in total. The highest BCUT2D eigenvalue weighted by atomic mass is 16.6. The van der Waals surface area contributed by atoms with Crippen LogP contribution in [-0.2, 0) is 14.3 Å². The summed E-state index contributed by atoms with van der Waals surface area (Å²) < 4.78 is 11.2. The van der Waals surface area contributed by atoms with Gasteiger partial charge in [-0.05, 0) is 77.0 Å². The third kappa shape index (κ3) is 40.4. The third-order valence-electron chi connectivity index (χ3n) is 8.83. The van der Waals surface area contributed by atoms with E-state index in [9.17, 15) is 9.90 Å². The zero-order valence-corrected chi connectivity index (χ0v) is 32.4. The van der Waals surface area contributed by atoms with Gasteiger partial charge in [0.1, 0.15) is 6.10 Å². The molecule has 0 aromatic heterocycles. The molecule has 284 valence electrons. The monoisotopic (exact) mass is 685 g/mol. The zero-order valence-electron chi connectivity index (χ0n) is 32.4. The normalized spacial score (nSPS) is 13.0. The first-order chi connectivity index (χ1) is 24.2. The van der Waals surface area contributed by atoms with E-state index >= 15 is 0 Å². The maximum atomic E-state index is 12.2. The predicted octanol–water partition coefficient (Wildman–Crippen LogP) is 13.7. The lowest BCUT2D eigenvalue weighted by Crippen LogP contribution is -2.27. The van der Waals surface area contributed by atoms with Crippen LogP contribution < -0.4 is 0 Å². The highest BCUT2D eigenvalue weighted by Crippen LogP contribution is 2.13. The van der Waals surface area contributed by atoms with E-state index in [1.54, 1.807) is 0 Å². The second-order valence-electron chi connectivity index (χ2n) is 13.7. The maximum Gasteiger partial charge on any atom is 0.306 e. The molecule has 0 saturated heterocycles. The van der Waals surface area contributed by atoms with Crippen LogP contribution in [0.1, 0.15) is 194 Å². The molecule has 0 amide bonds. The molecule has 1 atom stereocenters. The molecule has 0 fully saturated rings. The van der Waals surface area contributed by atoms with Gasteiger partial charge in [-0.15, -0.1) is 0 Å². The Morgan fingerprint density at radius 2 is 0.918 bits per heavy atom. The SMILES string of the molecule is CC/C=C\C/C=C\C/C=C\CCCCCCCCCC(=O)OC(CO)COCCCCCCCCCCCC/C=C\C/C=C\CCCCC. The van der Waals surface area contributed by atoms with Crippen molar-refractivity contribution in [3.63, 3.8) is 0 Å². The molecule has 0 aliphatic carbocycles. The summed E-state index contributed by atoms with van der Waals surface area (Å²) in [4.78, 5) is 12.2. The lowest BCUT2D eigenvalue weighted by atomic mass is 10.1. The third-order valence-corrected chi connectivity index (χ3v) is 8.83. The topological polar surface area (TPSA) is 55.8 Å². The van der Waals surface area contributed by atoms with Gasteiger partial charge in [-0.2, -0.15) is 0 Å². The Bertz CT molecular complexity index is 809. The first-order valence-electron chi connectivity index (χ1n) is 20.9. The molecule has 0 aliphatic rings. The van der Waals surface area contributed by atoms with E-state index < -0.39 is 6.10 Å². The number of hydrogen-bond acceptors (Lipinski definition) is 4. The van der Waals surface area contributed by atoms with E-state index in [0.717, 1.165) is 44.9 Å². The minimum Gasteiger partial charge on any atom is -0.457 e. The number of unbranched alkanes of at least 4 members (excludes halogenated alkanes) is 20. The molecule has 0 bridgehead atoms. The van der Waals surface area contributed by atoms with Gasteiger partial charge in [0, 0.05) is 13.0 Å². The van der Waals surface area contributed by atoms with Gasteiger partial charge in [-0.3, -0.25) is 4.79 Å². The highest BCUT2D eigenvalue weighted by Gasteiger charge is 2.13. The summed E-state index contributed by atoms with van der Waals surface area (Å²) in [6, 6.07) is 0. The first-order valence-corrected chi connectivity index (χ1v) is 20.9. The van der Waals surface area contributed by atoms with Crippen LogP contribution in [0.2, 0.25) is 0 Å². The summed E-state index contributed by atoms with van der Waals surface area (Å²) in [6.45, 7) is 5.20. The van der Waals surface area contributed by atoms with Gasteiger partial charge in [0.05, 0.1) is 13.2 Å². The summed E-state index contributed by atoms with van der Waals surface area (Å²) >= 11 is 0. The molecular weight excluding hydrogens is 604 g/mol. The molecule has 0 aromatic carbocycles. The van der Waals surface area contributed by atoms with E-state index in [-0.39, 0.29) is 19.2 Å². The minimum absolute atomic E-state index is 0.179. The number of carbonyl (C=O) groups excluding carboxylic acids is 1. The molecule has 4 heteroatoms. The van der Waals surface area contributed by atoms with Gasteiger partial charge in [0.2, 0.25) is 0 Å². The van der Waals surface area contributed by atoms with E-state index in [1.165, 1.54) is 128 Å². The van der Waals surface area contributed by atoms with Crippen molar-refractivity contribution < 1.29 is 19.4 Å². The van der Waals surface area contributed by atoms with Crippen LogP contribution in [0.25, 0.3) is 0 Å². The van der Waals surface area contributed by atoms with Crippen LogP contribution in [-0.4, -0.2) is 37.0 Å². The van der Waals surface area contributed by atoms with E-state index in [1.807, 2.05) is 0 Å². The molecule has 0 radical (unpaired) electrons. The second-order valence-corrected chi connectivity index (χ2v) is 13.7. The van der Waals surface area contributed by atoms with Crippen molar-refractivity contribution in [3.8, 4) is 0 Å². The quantitative estimate of drug-likeness (QED) is 0.0399. The Morgan fingerprint density at radius 3 is 1.39 bits per heavy atom. The van der Waals surface area contributed by atoms with Gasteiger partial charge >= 0.3 is 5.97 Å². The Labute approximate surface area is 305 Å². The van der Waals surface area contributed by atoms with Crippen molar-refractivity contribution in [2.75, 3.05) is 19.8 Å². The Hall–Kier alpha value is -1.91. The summed E-state index contributed by atoms with van der Waals surface area (Å²) in [7, 11) is 0. The van der Waals surface area contributed by atoms with Crippen LogP contribution in [0.4, 0.5) is 0 Å². The first kappa shape index (κ1) is 47.1. The number of ether oxygens (including phenoxy) is 2. The van der Waals surface area contributed by atoms with Crippen molar-refractivity contribution in [1.29, 1.82) is 0 Å². The minimum atomic E-state index is -0.543. The van der Waals surface area contributed by atoms with E-state index in [4.69, 9.17) is 9.47 Å². The van der Waals surface area contributed by atoms with E-state index in [2.05, 4.69) is 74.6 Å². The average molecular weight is 685 g/mol. The fraction of sp³-hybridized carbons (Fsp3) is 0.756. The van der Waals surface area contributed by atoms with Crippen LogP contribution in [0.15, 0.2) is 60.8 Å². The van der Waals surface area contributed by atoms with Gasteiger partial charge in [0.25, 0.3) is 0 Å². The molecule has 0 saturated carbocycles. The Morgan fingerprint density at radius 1 is 0.510 bits per heavy atom. The summed E-state index contributed by atoms with van der Waals surface area (Å²) in [6.07, 6.45) is 55.6. The number of aliphatic hydroxyl groups excluding tert-OH is 1. The highest BCUT2D eigenvalue weighted by molar-refractivity contribution is 5.69. The molecule has 1 unspecified atom stereocenters. The van der Waals surface area contributed by atoms with Gasteiger partial charge in [-0.1, -0.05) is 171 Å². The lowest BCUT2D eigenvalue weighted by Gasteiger charge is -2.16. The van der Waals surface area contributed by atoms with Crippen LogP contribution in [0.3, 0.4) is 0 Å². The molecule has 49 heavy (non-hydrogen) atoms. The molecule has 0 aromatic rings. The molecule has 0 spiro atoms. The smallest absolute Gasteiger partial charge is 0.306 e. The Kier molecular flexibility index (Phi) is 40.6. The largest absolute Gasteiger partial charge is 0.457 e. The second kappa shape index (κ2) is 42.3. The van der Waals surface area contributed by atoms with Crippen molar-refractivity contribution in [1.82, 2.24) is 0 Å². The van der Waals surface area contributed by atoms with Crippen molar-refractivity contribution in [2.45, 2.75) is 200 Å². The van der Waals surface area contributed by atoms with Crippen LogP contribution >= 0.6 is 0 Å². The number of aliphatic hydroxyl groups is 1. The van der Waals surface area contributed by atoms with Crippen molar-refractivity contribution in [2.24, 2.45) is 0 Å². The average Bonchev–Trinajstić information content (AvgIpc) is 3.11. The number of hydrogen-bond donors (Lipinski definition) is 1. The number of carbonyl (C=O) groups is 1. The van der Waals surface area contributed by atoms with Crippen LogP contribution in [0, 0.1) is 0 Å².